The van der Waals surface area contributed by atoms with Gasteiger partial charge in [0.15, 0.2) is 5.78 Å². The number of benzene rings is 2. The minimum Gasteiger partial charge on any atom is -0.496 e. The minimum absolute atomic E-state index is 0.0173. The third-order valence-electron chi connectivity index (χ3n) is 9.83. The van der Waals surface area contributed by atoms with E-state index in [1.54, 1.807) is 14.2 Å². The van der Waals surface area contributed by atoms with E-state index in [2.05, 4.69) is 20.4 Å². The van der Waals surface area contributed by atoms with E-state index in [0.717, 1.165) is 102 Å². The first-order chi connectivity index (χ1) is 22.0. The first-order valence-corrected chi connectivity index (χ1v) is 15.9. The molecule has 7 rings (SSSR count). The number of aromatic nitrogens is 4. The average molecular weight is 608 g/mol. The molecule has 9 heteroatoms. The molecule has 0 bridgehead atoms. The first kappa shape index (κ1) is 29.5. The van der Waals surface area contributed by atoms with Gasteiger partial charge in [-0.15, -0.1) is 0 Å². The Morgan fingerprint density at radius 3 is 2.53 bits per heavy atom. The summed E-state index contributed by atoms with van der Waals surface area (Å²) in [5, 5.41) is 0.925. The van der Waals surface area contributed by atoms with Crippen LogP contribution in [0.1, 0.15) is 59.2 Å². The summed E-state index contributed by atoms with van der Waals surface area (Å²) in [5.74, 6) is 2.92. The topological polar surface area (TPSA) is 83.1 Å². The Bertz CT molecular complexity index is 1860. The standard InChI is InChI=1S/C36H41N5O4/c1-23-35-34(38-36(41(35)17-14-37-23)24-10-15-40(16-11-24)27-12-18-45-19-13-27)26-9-8-25(33(21-26)44-4)20-31(42)30-22-28-29(39(30)2)6-5-7-32(28)43-3/h5-9,14,17,21-22,24,27H,10-13,15-16,18-20H2,1-4H3. The van der Waals surface area contributed by atoms with E-state index in [1.165, 1.54) is 0 Å². The van der Waals surface area contributed by atoms with Gasteiger partial charge < -0.3 is 23.7 Å². The molecule has 2 saturated heterocycles. The van der Waals surface area contributed by atoms with Crippen molar-refractivity contribution in [2.24, 2.45) is 7.05 Å². The molecule has 5 aromatic rings. The van der Waals surface area contributed by atoms with Crippen molar-refractivity contribution in [3.8, 4) is 22.8 Å². The summed E-state index contributed by atoms with van der Waals surface area (Å²) in [7, 11) is 5.23. The predicted octanol–water partition coefficient (Wildman–Crippen LogP) is 6.00. The number of ether oxygens (including phenoxy) is 3. The molecule has 2 aliphatic rings. The Kier molecular flexibility index (Phi) is 8.06. The zero-order chi connectivity index (χ0) is 31.1. The summed E-state index contributed by atoms with van der Waals surface area (Å²) >= 11 is 0. The van der Waals surface area contributed by atoms with E-state index < -0.39 is 0 Å². The van der Waals surface area contributed by atoms with Crippen LogP contribution in [0, 0.1) is 6.92 Å². The number of Topliss-reactive ketones (excluding diaryl/α,β-unsaturated/α-hetero) is 1. The number of aryl methyl sites for hydroxylation is 2. The number of nitrogens with zero attached hydrogens (tertiary/aromatic N) is 5. The lowest BCUT2D eigenvalue weighted by molar-refractivity contribution is 0.0248. The van der Waals surface area contributed by atoms with E-state index in [9.17, 15) is 4.79 Å². The summed E-state index contributed by atoms with van der Waals surface area (Å²) in [6.45, 7) is 5.97. The highest BCUT2D eigenvalue weighted by Gasteiger charge is 2.30. The Hall–Kier alpha value is -4.21. The van der Waals surface area contributed by atoms with Crippen molar-refractivity contribution in [1.29, 1.82) is 0 Å². The molecule has 2 aliphatic heterocycles. The van der Waals surface area contributed by atoms with Crippen molar-refractivity contribution in [2.45, 2.75) is 51.0 Å². The lowest BCUT2D eigenvalue weighted by Gasteiger charge is -2.38. The molecule has 0 saturated carbocycles. The second kappa shape index (κ2) is 12.3. The van der Waals surface area contributed by atoms with Gasteiger partial charge in [0.05, 0.1) is 42.3 Å². The fourth-order valence-electron chi connectivity index (χ4n) is 7.36. The van der Waals surface area contributed by atoms with Crippen LogP contribution < -0.4 is 9.47 Å². The van der Waals surface area contributed by atoms with E-state index in [-0.39, 0.29) is 12.2 Å². The number of carbonyl (C=O) groups excluding carboxylic acids is 1. The van der Waals surface area contributed by atoms with Crippen LogP contribution in [0.3, 0.4) is 0 Å². The maximum atomic E-state index is 13.6. The number of fused-ring (bicyclic) bond motifs is 2. The average Bonchev–Trinajstić information content (AvgIpc) is 3.64. The van der Waals surface area contributed by atoms with E-state index in [1.807, 2.05) is 67.3 Å². The van der Waals surface area contributed by atoms with Crippen molar-refractivity contribution in [2.75, 3.05) is 40.5 Å². The van der Waals surface area contributed by atoms with Gasteiger partial charge in [0.1, 0.15) is 17.3 Å². The lowest BCUT2D eigenvalue weighted by atomic mass is 9.93. The second-order valence-corrected chi connectivity index (χ2v) is 12.3. The highest BCUT2D eigenvalue weighted by Crippen LogP contribution is 2.37. The summed E-state index contributed by atoms with van der Waals surface area (Å²) < 4.78 is 21.2. The number of hydrogen-bond acceptors (Lipinski definition) is 7. The third kappa shape index (κ3) is 5.38. The van der Waals surface area contributed by atoms with Crippen molar-refractivity contribution >= 4 is 22.2 Å². The number of imidazole rings is 1. The first-order valence-electron chi connectivity index (χ1n) is 15.9. The van der Waals surface area contributed by atoms with Crippen LogP contribution in [-0.2, 0) is 18.2 Å². The van der Waals surface area contributed by atoms with Crippen LogP contribution in [-0.4, -0.2) is 76.2 Å². The zero-order valence-electron chi connectivity index (χ0n) is 26.6. The molecule has 2 fully saturated rings. The molecule has 0 N–H and O–H groups in total. The molecular formula is C36H41N5O4. The lowest BCUT2D eigenvalue weighted by Crippen LogP contribution is -2.43. The molecule has 0 amide bonds. The van der Waals surface area contributed by atoms with Crippen molar-refractivity contribution in [1.82, 2.24) is 23.8 Å². The fraction of sp³-hybridized carbons (Fsp3) is 0.417. The zero-order valence-corrected chi connectivity index (χ0v) is 26.6. The SMILES string of the molecule is COc1cc(-c2nc(C3CCN(C4CCOCC4)CC3)n3ccnc(C)c23)ccc1CC(=O)c1cc2c(OC)cccc2n1C. The summed E-state index contributed by atoms with van der Waals surface area (Å²) in [5.41, 5.74) is 6.25. The summed E-state index contributed by atoms with van der Waals surface area (Å²) in [4.78, 5) is 26.2. The Morgan fingerprint density at radius 1 is 1.00 bits per heavy atom. The Labute approximate surface area is 263 Å². The quantitative estimate of drug-likeness (QED) is 0.200. The molecule has 45 heavy (non-hydrogen) atoms. The normalized spacial score (nSPS) is 16.9. The van der Waals surface area contributed by atoms with E-state index in [4.69, 9.17) is 19.2 Å². The highest BCUT2D eigenvalue weighted by atomic mass is 16.5. The van der Waals surface area contributed by atoms with Gasteiger partial charge in [0.25, 0.3) is 0 Å². The smallest absolute Gasteiger partial charge is 0.183 e. The number of ketones is 1. The Balaban J connectivity index is 1.17. The van der Waals surface area contributed by atoms with Crippen LogP contribution >= 0.6 is 0 Å². The van der Waals surface area contributed by atoms with Gasteiger partial charge >= 0.3 is 0 Å². The number of likely N-dealkylation sites (tertiary alicyclic amines) is 1. The van der Waals surface area contributed by atoms with Crippen LogP contribution in [0.2, 0.25) is 0 Å². The monoisotopic (exact) mass is 607 g/mol. The van der Waals surface area contributed by atoms with Gasteiger partial charge in [-0.05, 0) is 70.0 Å². The molecular weight excluding hydrogens is 566 g/mol. The van der Waals surface area contributed by atoms with E-state index in [0.29, 0.717) is 23.4 Å². The maximum absolute atomic E-state index is 13.6. The molecule has 9 nitrogen and oxygen atoms in total. The molecule has 0 radical (unpaired) electrons. The van der Waals surface area contributed by atoms with Crippen molar-refractivity contribution in [3.63, 3.8) is 0 Å². The minimum atomic E-state index is 0.0173. The van der Waals surface area contributed by atoms with Gasteiger partial charge in [0, 0.05) is 67.5 Å². The van der Waals surface area contributed by atoms with Crippen LogP contribution in [0.15, 0.2) is 54.9 Å². The third-order valence-corrected chi connectivity index (χ3v) is 9.83. The number of rotatable bonds is 8. The molecule has 234 valence electrons. The summed E-state index contributed by atoms with van der Waals surface area (Å²) in [6.07, 6.45) is 8.56. The Morgan fingerprint density at radius 2 is 1.78 bits per heavy atom. The van der Waals surface area contributed by atoms with Gasteiger partial charge in [0.2, 0.25) is 0 Å². The van der Waals surface area contributed by atoms with Gasteiger partial charge in [-0.1, -0.05) is 18.2 Å². The summed E-state index contributed by atoms with van der Waals surface area (Å²) in [6, 6.07) is 14.5. The molecule has 2 aromatic carbocycles. The largest absolute Gasteiger partial charge is 0.496 e. The number of hydrogen-bond donors (Lipinski definition) is 0. The predicted molar refractivity (Wildman–Crippen MR) is 175 cm³/mol. The van der Waals surface area contributed by atoms with Crippen LogP contribution in [0.4, 0.5) is 0 Å². The number of carbonyl (C=O) groups is 1. The van der Waals surface area contributed by atoms with Crippen LogP contribution in [0.5, 0.6) is 11.5 Å². The molecule has 0 unspecified atom stereocenters. The number of methoxy groups -OCH3 is 2. The molecule has 0 aliphatic carbocycles. The molecule has 0 spiro atoms. The van der Waals surface area contributed by atoms with Crippen molar-refractivity contribution < 1.29 is 19.0 Å². The van der Waals surface area contributed by atoms with Gasteiger partial charge in [-0.3, -0.25) is 14.2 Å². The second-order valence-electron chi connectivity index (χ2n) is 12.3. The van der Waals surface area contributed by atoms with E-state index >= 15 is 0 Å². The number of piperidine rings is 1. The van der Waals surface area contributed by atoms with Gasteiger partial charge in [-0.2, -0.15) is 0 Å². The molecule has 5 heterocycles. The molecule has 3 aromatic heterocycles. The maximum Gasteiger partial charge on any atom is 0.183 e. The molecule has 0 atom stereocenters. The van der Waals surface area contributed by atoms with Crippen molar-refractivity contribution in [3.05, 3.63) is 77.6 Å². The van der Waals surface area contributed by atoms with Gasteiger partial charge in [-0.25, -0.2) is 4.98 Å². The fourth-order valence-corrected chi connectivity index (χ4v) is 7.36. The highest BCUT2D eigenvalue weighted by molar-refractivity contribution is 6.02. The van der Waals surface area contributed by atoms with Crippen LogP contribution in [0.25, 0.3) is 27.7 Å².